The Bertz CT molecular complexity index is 875. The Morgan fingerprint density at radius 1 is 0.629 bits per heavy atom. The van der Waals surface area contributed by atoms with E-state index in [9.17, 15) is 14.4 Å². The summed E-state index contributed by atoms with van der Waals surface area (Å²) >= 11 is 0. The van der Waals surface area contributed by atoms with Crippen molar-refractivity contribution < 1.29 is 18.9 Å². The molecule has 0 amide bonds. The Hall–Kier alpha value is -1.61. The van der Waals surface area contributed by atoms with Crippen molar-refractivity contribution in [2.45, 2.75) is 117 Å². The van der Waals surface area contributed by atoms with Gasteiger partial charge in [0.1, 0.15) is 5.75 Å². The number of unbranched alkanes of at least 4 members (excludes halogenated alkanes) is 12. The van der Waals surface area contributed by atoms with E-state index in [2.05, 4.69) is 26.0 Å². The Balaban J connectivity index is 2.22. The van der Waals surface area contributed by atoms with Gasteiger partial charge in [-0.1, -0.05) is 127 Å². The maximum atomic E-state index is 11.8. The van der Waals surface area contributed by atoms with Crippen LogP contribution in [0.3, 0.4) is 0 Å². The highest BCUT2D eigenvalue weighted by Crippen LogP contribution is 2.43. The van der Waals surface area contributed by atoms with Crippen LogP contribution in [-0.4, -0.2) is 9.79 Å². The fourth-order valence-corrected chi connectivity index (χ4v) is 5.28. The van der Waals surface area contributed by atoms with Gasteiger partial charge in [-0.25, -0.2) is 4.57 Å². The molecule has 0 unspecified atom stereocenters. The van der Waals surface area contributed by atoms with Crippen LogP contribution in [0, 0.1) is 0 Å². The zero-order chi connectivity index (χ0) is 25.4. The molecular formula is C30H47O4P. The first-order valence-electron chi connectivity index (χ1n) is 13.9. The SMILES string of the molecule is CCCCCCCCCc1c(OP(=O)(O)O)ccc(-c2ccccc2)c1CCCCCCCCC. The van der Waals surface area contributed by atoms with Crippen molar-refractivity contribution >= 4 is 7.82 Å². The van der Waals surface area contributed by atoms with Crippen LogP contribution >= 0.6 is 7.82 Å². The summed E-state index contributed by atoms with van der Waals surface area (Å²) in [5.41, 5.74) is 4.48. The van der Waals surface area contributed by atoms with Crippen molar-refractivity contribution in [2.24, 2.45) is 0 Å². The zero-order valence-corrected chi connectivity index (χ0v) is 22.9. The molecule has 0 aromatic heterocycles. The molecule has 0 spiro atoms. The minimum Gasteiger partial charge on any atom is -0.404 e. The van der Waals surface area contributed by atoms with E-state index in [1.54, 1.807) is 6.07 Å². The second kappa shape index (κ2) is 17.0. The molecule has 0 aliphatic carbocycles. The molecule has 5 heteroatoms. The van der Waals surface area contributed by atoms with E-state index in [1.165, 1.54) is 76.2 Å². The maximum absolute atomic E-state index is 11.8. The molecule has 0 aliphatic heterocycles. The van der Waals surface area contributed by atoms with Gasteiger partial charge in [-0.2, -0.15) is 0 Å². The van der Waals surface area contributed by atoms with Crippen LogP contribution in [0.25, 0.3) is 11.1 Å². The molecular weight excluding hydrogens is 455 g/mol. The van der Waals surface area contributed by atoms with Crippen LogP contribution in [0.5, 0.6) is 5.75 Å². The average Bonchev–Trinajstić information content (AvgIpc) is 2.83. The predicted molar refractivity (Wildman–Crippen MR) is 148 cm³/mol. The highest BCUT2D eigenvalue weighted by molar-refractivity contribution is 7.46. The van der Waals surface area contributed by atoms with Gasteiger partial charge in [0.2, 0.25) is 0 Å². The standard InChI is InChI=1S/C30H47O4P/c1-3-5-7-9-11-13-18-22-28-27(26-20-16-15-17-21-26)24-25-30(34-35(31,32)33)29(28)23-19-14-12-10-8-6-4-2/h15-17,20-21,24-25H,3-14,18-19,22-23H2,1-2H3,(H2,31,32,33). The summed E-state index contributed by atoms with van der Waals surface area (Å²) in [4.78, 5) is 19.1. The van der Waals surface area contributed by atoms with Crippen LogP contribution < -0.4 is 4.52 Å². The molecule has 0 saturated heterocycles. The highest BCUT2D eigenvalue weighted by atomic mass is 31.2. The molecule has 0 fully saturated rings. The van der Waals surface area contributed by atoms with Crippen molar-refractivity contribution in [3.05, 3.63) is 53.6 Å². The number of rotatable bonds is 19. The van der Waals surface area contributed by atoms with Crippen LogP contribution in [0.4, 0.5) is 0 Å². The van der Waals surface area contributed by atoms with E-state index in [0.29, 0.717) is 5.75 Å². The van der Waals surface area contributed by atoms with Gasteiger partial charge in [0.05, 0.1) is 0 Å². The third kappa shape index (κ3) is 11.8. The quantitative estimate of drug-likeness (QED) is 0.148. The molecule has 2 aromatic carbocycles. The summed E-state index contributed by atoms with van der Waals surface area (Å²) < 4.78 is 17.0. The lowest BCUT2D eigenvalue weighted by Gasteiger charge is -2.20. The van der Waals surface area contributed by atoms with Crippen LogP contribution in [0.2, 0.25) is 0 Å². The molecule has 0 heterocycles. The van der Waals surface area contributed by atoms with Gasteiger partial charge in [-0.15, -0.1) is 0 Å². The Morgan fingerprint density at radius 2 is 1.11 bits per heavy atom. The van der Waals surface area contributed by atoms with Gasteiger partial charge in [-0.05, 0) is 54.0 Å². The van der Waals surface area contributed by atoms with Gasteiger partial charge in [-0.3, -0.25) is 9.79 Å². The monoisotopic (exact) mass is 502 g/mol. The van der Waals surface area contributed by atoms with Crippen LogP contribution in [0.1, 0.15) is 115 Å². The van der Waals surface area contributed by atoms with Gasteiger partial charge < -0.3 is 4.52 Å². The van der Waals surface area contributed by atoms with Crippen LogP contribution in [0.15, 0.2) is 42.5 Å². The first-order chi connectivity index (χ1) is 17.0. The van der Waals surface area contributed by atoms with E-state index in [0.717, 1.165) is 48.8 Å². The van der Waals surface area contributed by atoms with E-state index in [4.69, 9.17) is 4.52 Å². The third-order valence-electron chi connectivity index (χ3n) is 6.75. The Morgan fingerprint density at radius 3 is 1.63 bits per heavy atom. The van der Waals surface area contributed by atoms with E-state index in [1.807, 2.05) is 24.3 Å². The lowest BCUT2D eigenvalue weighted by Crippen LogP contribution is -2.03. The molecule has 2 N–H and O–H groups in total. The molecule has 4 nitrogen and oxygen atoms in total. The summed E-state index contributed by atoms with van der Waals surface area (Å²) in [6, 6.07) is 14.1. The third-order valence-corrected chi connectivity index (χ3v) is 7.19. The smallest absolute Gasteiger partial charge is 0.404 e. The fourth-order valence-electron chi connectivity index (χ4n) is 4.85. The Labute approximate surface area is 213 Å². The number of benzene rings is 2. The van der Waals surface area contributed by atoms with Crippen molar-refractivity contribution in [2.75, 3.05) is 0 Å². The molecule has 196 valence electrons. The average molecular weight is 503 g/mol. The van der Waals surface area contributed by atoms with Gasteiger partial charge in [0.15, 0.2) is 0 Å². The van der Waals surface area contributed by atoms with E-state index >= 15 is 0 Å². The predicted octanol–water partition coefficient (Wildman–Crippen LogP) is 9.41. The minimum absolute atomic E-state index is 0.349. The first-order valence-corrected chi connectivity index (χ1v) is 15.4. The molecule has 0 saturated carbocycles. The fraction of sp³-hybridized carbons (Fsp3) is 0.600. The number of phosphoric ester groups is 1. The van der Waals surface area contributed by atoms with E-state index in [-0.39, 0.29) is 0 Å². The Kier molecular flexibility index (Phi) is 14.3. The molecule has 35 heavy (non-hydrogen) atoms. The van der Waals surface area contributed by atoms with Crippen LogP contribution in [-0.2, 0) is 17.4 Å². The highest BCUT2D eigenvalue weighted by Gasteiger charge is 2.22. The number of hydrogen-bond acceptors (Lipinski definition) is 2. The lowest BCUT2D eigenvalue weighted by atomic mass is 9.88. The van der Waals surface area contributed by atoms with Crippen molar-refractivity contribution in [1.82, 2.24) is 0 Å². The maximum Gasteiger partial charge on any atom is 0.524 e. The normalized spacial score (nSPS) is 11.7. The topological polar surface area (TPSA) is 66.8 Å². The van der Waals surface area contributed by atoms with Crippen molar-refractivity contribution in [3.8, 4) is 16.9 Å². The summed E-state index contributed by atoms with van der Waals surface area (Å²) in [5.74, 6) is 0.349. The molecule has 0 radical (unpaired) electrons. The summed E-state index contributed by atoms with van der Waals surface area (Å²) in [6.45, 7) is 4.47. The number of hydrogen-bond donors (Lipinski definition) is 2. The van der Waals surface area contributed by atoms with Gasteiger partial charge in [0, 0.05) is 0 Å². The summed E-state index contributed by atoms with van der Waals surface area (Å²) in [5, 5.41) is 0. The first kappa shape index (κ1) is 29.6. The van der Waals surface area contributed by atoms with E-state index < -0.39 is 7.82 Å². The molecule has 0 aliphatic rings. The van der Waals surface area contributed by atoms with Crippen molar-refractivity contribution in [3.63, 3.8) is 0 Å². The second-order valence-corrected chi connectivity index (χ2v) is 10.9. The van der Waals surface area contributed by atoms with Gasteiger partial charge >= 0.3 is 7.82 Å². The van der Waals surface area contributed by atoms with Crippen molar-refractivity contribution in [1.29, 1.82) is 0 Å². The second-order valence-electron chi connectivity index (χ2n) is 9.76. The molecule has 0 bridgehead atoms. The number of phosphoric acid groups is 1. The minimum atomic E-state index is -4.63. The molecule has 0 atom stereocenters. The lowest BCUT2D eigenvalue weighted by molar-refractivity contribution is 0.282. The molecule has 2 aromatic rings. The summed E-state index contributed by atoms with van der Waals surface area (Å²) in [6.07, 6.45) is 18.8. The zero-order valence-electron chi connectivity index (χ0n) is 22.0. The van der Waals surface area contributed by atoms with Gasteiger partial charge in [0.25, 0.3) is 0 Å². The molecule has 2 rings (SSSR count). The summed E-state index contributed by atoms with van der Waals surface area (Å²) in [7, 11) is -4.63. The largest absolute Gasteiger partial charge is 0.524 e.